The molecule has 0 amide bonds. The van der Waals surface area contributed by atoms with Crippen LogP contribution in [-0.2, 0) is 49.2 Å². The lowest BCUT2D eigenvalue weighted by Gasteiger charge is -2.43. The van der Waals surface area contributed by atoms with Crippen LogP contribution < -0.4 is 0 Å². The maximum Gasteiger partial charge on any atom is 0.164 e. The highest BCUT2D eigenvalue weighted by molar-refractivity contribution is 9.12. The quantitative estimate of drug-likeness (QED) is 0.358. The average Bonchev–Trinajstić information content (AvgIpc) is 3.63. The van der Waals surface area contributed by atoms with Gasteiger partial charge in [0, 0.05) is 13.4 Å². The lowest BCUT2D eigenvalue weighted by molar-refractivity contribution is -0.220. The smallest absolute Gasteiger partial charge is 0.164 e. The molecule has 6 aliphatic rings. The molecule has 3 fully saturated rings. The minimum Gasteiger partial charge on any atom is -0.387 e. The Morgan fingerprint density at radius 1 is 0.596 bits per heavy atom. The Kier molecular flexibility index (Phi) is 9.59. The van der Waals surface area contributed by atoms with Crippen molar-refractivity contribution in [3.63, 3.8) is 0 Å². The number of aliphatic hydroxyl groups excluding tert-OH is 1. The summed E-state index contributed by atoms with van der Waals surface area (Å²) >= 11 is 11.1. The molecule has 12 atom stereocenters. The Balaban J connectivity index is 1.21. The summed E-state index contributed by atoms with van der Waals surface area (Å²) in [4.78, 5) is 0. The van der Waals surface area contributed by atoms with Gasteiger partial charge in [-0.3, -0.25) is 0 Å². The molecule has 47 heavy (non-hydrogen) atoms. The Morgan fingerprint density at radius 2 is 1.02 bits per heavy atom. The lowest BCUT2D eigenvalue weighted by atomic mass is 9.91. The SMILES string of the molecule is CC1(C)O[C@@H]2[C@H](O1)C(Br)=CC(OC1[C@@H](OCc3ccccc3)C=C(Br)[C@H]3OC(C)(C)O[C@@H]13)[C@H]2O[C@H]1C=C(Br)[C@H]2OC(C)(C)O[C@H]2C1O. The Hall–Kier alpha value is -0.520. The van der Waals surface area contributed by atoms with E-state index in [1.165, 1.54) is 0 Å². The Labute approximate surface area is 300 Å². The number of aliphatic hydroxyl groups is 1. The number of hydrogen-bond donors (Lipinski definition) is 1. The average molecular weight is 849 g/mol. The zero-order valence-corrected chi connectivity index (χ0v) is 31.8. The fraction of sp³-hybridized carbons (Fsp3) is 0.647. The second-order valence-corrected chi connectivity index (χ2v) is 16.8. The number of fused-ring (bicyclic) bond motifs is 3. The molecule has 0 aromatic heterocycles. The van der Waals surface area contributed by atoms with E-state index in [0.29, 0.717) is 6.61 Å². The summed E-state index contributed by atoms with van der Waals surface area (Å²) < 4.78 is 60.4. The minimum atomic E-state index is -1.01. The molecule has 0 radical (unpaired) electrons. The first kappa shape index (κ1) is 34.9. The molecule has 3 saturated heterocycles. The van der Waals surface area contributed by atoms with Crippen molar-refractivity contribution < 1.29 is 47.7 Å². The van der Waals surface area contributed by atoms with Crippen molar-refractivity contribution in [1.82, 2.24) is 0 Å². The van der Waals surface area contributed by atoms with Crippen molar-refractivity contribution in [1.29, 1.82) is 0 Å². The van der Waals surface area contributed by atoms with E-state index in [-0.39, 0.29) is 0 Å². The van der Waals surface area contributed by atoms with Crippen LogP contribution >= 0.6 is 47.8 Å². The van der Waals surface area contributed by atoms with E-state index in [1.807, 2.05) is 90.1 Å². The Morgan fingerprint density at radius 3 is 1.57 bits per heavy atom. The molecule has 0 saturated carbocycles. The summed E-state index contributed by atoms with van der Waals surface area (Å²) in [5.41, 5.74) is 1.04. The van der Waals surface area contributed by atoms with E-state index in [4.69, 9.17) is 42.6 Å². The van der Waals surface area contributed by atoms with Crippen LogP contribution in [0.15, 0.2) is 62.0 Å². The van der Waals surface area contributed by atoms with E-state index >= 15 is 0 Å². The molecule has 13 heteroatoms. The van der Waals surface area contributed by atoms with Gasteiger partial charge >= 0.3 is 0 Å². The van der Waals surface area contributed by atoms with E-state index in [0.717, 1.165) is 19.0 Å². The van der Waals surface area contributed by atoms with Gasteiger partial charge in [0.05, 0.1) is 6.61 Å². The van der Waals surface area contributed by atoms with E-state index in [2.05, 4.69) is 47.8 Å². The zero-order valence-electron chi connectivity index (χ0n) is 27.0. The normalized spacial score (nSPS) is 43.0. The fourth-order valence-corrected chi connectivity index (χ4v) is 9.00. The number of hydrogen-bond acceptors (Lipinski definition) is 10. The van der Waals surface area contributed by atoms with Crippen LogP contribution in [0.25, 0.3) is 0 Å². The molecule has 3 aliphatic heterocycles. The predicted octanol–water partition coefficient (Wildman–Crippen LogP) is 5.88. The highest BCUT2D eigenvalue weighted by Gasteiger charge is 2.58. The number of rotatable bonds is 7. The number of benzene rings is 1. The monoisotopic (exact) mass is 846 g/mol. The minimum absolute atomic E-state index is 0.373. The van der Waals surface area contributed by atoms with Crippen LogP contribution in [0, 0.1) is 0 Å². The fourth-order valence-electron chi connectivity index (χ4n) is 7.16. The van der Waals surface area contributed by atoms with Gasteiger partial charge in [0.1, 0.15) is 73.2 Å². The summed E-state index contributed by atoms with van der Waals surface area (Å²) in [5.74, 6) is -2.58. The summed E-state index contributed by atoms with van der Waals surface area (Å²) in [6.45, 7) is 11.5. The van der Waals surface area contributed by atoms with Crippen LogP contribution in [-0.4, -0.2) is 95.7 Å². The van der Waals surface area contributed by atoms with Gasteiger partial charge in [-0.05, 0) is 65.3 Å². The molecule has 0 bridgehead atoms. The summed E-state index contributed by atoms with van der Waals surface area (Å²) in [6.07, 6.45) is -1.43. The van der Waals surface area contributed by atoms with Gasteiger partial charge in [0.2, 0.25) is 0 Å². The molecular formula is C34H41Br3O10. The second kappa shape index (κ2) is 12.9. The highest BCUT2D eigenvalue weighted by atomic mass is 79.9. The van der Waals surface area contributed by atoms with Crippen molar-refractivity contribution in [3.05, 3.63) is 67.6 Å². The molecule has 1 aromatic carbocycles. The molecule has 3 heterocycles. The molecule has 10 nitrogen and oxygen atoms in total. The van der Waals surface area contributed by atoms with Gasteiger partial charge < -0.3 is 47.7 Å². The molecule has 1 aromatic rings. The van der Waals surface area contributed by atoms with Crippen molar-refractivity contribution in [2.75, 3.05) is 0 Å². The van der Waals surface area contributed by atoms with Gasteiger partial charge in [-0.25, -0.2) is 0 Å². The molecule has 7 rings (SSSR count). The first-order valence-corrected chi connectivity index (χ1v) is 18.3. The standard InChI is InChI=1S/C34H41Br3O10/c1-32(2)42-24-17(35)12-20(23(38)29(24)45-32)40-28-22(14-19(37)26-31(28)47-34(5,6)44-26)41-27-21(39-15-16-10-8-7-9-11-16)13-18(36)25-30(27)46-33(3,4)43-25/h7-14,20-31,38H,15H2,1-6H3/t20-,21-,22?,23?,24+,25+,26+,27?,28+,29-,30+,31+/m0/s1. The maximum absolute atomic E-state index is 11.6. The molecule has 3 unspecified atom stereocenters. The van der Waals surface area contributed by atoms with E-state index in [9.17, 15) is 5.11 Å². The molecule has 258 valence electrons. The molecule has 0 spiro atoms. The van der Waals surface area contributed by atoms with Crippen LogP contribution in [0.2, 0.25) is 0 Å². The first-order valence-electron chi connectivity index (χ1n) is 15.9. The maximum atomic E-state index is 11.6. The van der Waals surface area contributed by atoms with Crippen molar-refractivity contribution >= 4 is 47.8 Å². The second-order valence-electron chi connectivity index (χ2n) is 14.1. The van der Waals surface area contributed by atoms with Gasteiger partial charge in [-0.15, -0.1) is 0 Å². The third-order valence-electron chi connectivity index (χ3n) is 9.06. The van der Waals surface area contributed by atoms with Gasteiger partial charge in [-0.1, -0.05) is 78.1 Å². The number of ether oxygens (including phenoxy) is 9. The van der Waals surface area contributed by atoms with Crippen LogP contribution in [0.3, 0.4) is 0 Å². The largest absolute Gasteiger partial charge is 0.387 e. The first-order chi connectivity index (χ1) is 22.1. The lowest BCUT2D eigenvalue weighted by Crippen LogP contribution is -2.57. The van der Waals surface area contributed by atoms with Crippen LogP contribution in [0.1, 0.15) is 47.1 Å². The van der Waals surface area contributed by atoms with Crippen molar-refractivity contribution in [3.8, 4) is 0 Å². The summed E-state index contributed by atoms with van der Waals surface area (Å²) in [6, 6.07) is 9.99. The Bertz CT molecular complexity index is 1430. The predicted molar refractivity (Wildman–Crippen MR) is 181 cm³/mol. The highest BCUT2D eigenvalue weighted by Crippen LogP contribution is 2.47. The van der Waals surface area contributed by atoms with Crippen LogP contribution in [0.4, 0.5) is 0 Å². The third kappa shape index (κ3) is 7.04. The number of halogens is 3. The summed E-state index contributed by atoms with van der Waals surface area (Å²) in [7, 11) is 0. The molecular weight excluding hydrogens is 808 g/mol. The van der Waals surface area contributed by atoms with Gasteiger partial charge in [0.25, 0.3) is 0 Å². The van der Waals surface area contributed by atoms with Crippen molar-refractivity contribution in [2.45, 2.75) is 139 Å². The molecule has 1 N–H and O–H groups in total. The van der Waals surface area contributed by atoms with Crippen LogP contribution in [0.5, 0.6) is 0 Å². The zero-order chi connectivity index (χ0) is 33.5. The van der Waals surface area contributed by atoms with E-state index < -0.39 is 90.6 Å². The summed E-state index contributed by atoms with van der Waals surface area (Å²) in [5, 5.41) is 11.6. The van der Waals surface area contributed by atoms with E-state index in [1.54, 1.807) is 0 Å². The van der Waals surface area contributed by atoms with Gasteiger partial charge in [-0.2, -0.15) is 0 Å². The van der Waals surface area contributed by atoms with Gasteiger partial charge in [0.15, 0.2) is 17.4 Å². The third-order valence-corrected chi connectivity index (χ3v) is 11.2. The molecule has 3 aliphatic carbocycles. The van der Waals surface area contributed by atoms with Crippen molar-refractivity contribution in [2.24, 2.45) is 0 Å². The topological polar surface area (TPSA) is 103 Å².